The summed E-state index contributed by atoms with van der Waals surface area (Å²) in [6.45, 7) is 6.82. The molecule has 1 rings (SSSR count). The predicted octanol–water partition coefficient (Wildman–Crippen LogP) is 1.13. The van der Waals surface area contributed by atoms with Crippen LogP contribution in [-0.2, 0) is 42.3 Å². The summed E-state index contributed by atoms with van der Waals surface area (Å²) in [6.07, 6.45) is 3.81. The molecule has 0 spiro atoms. The molecule has 2 N–H and O–H groups in total. The molecule has 0 bridgehead atoms. The fraction of sp³-hybridized carbons (Fsp3) is 0. The van der Waals surface area contributed by atoms with Gasteiger partial charge in [0.25, 0.3) is 0 Å². The van der Waals surface area contributed by atoms with E-state index in [1.54, 1.807) is 6.07 Å². The Kier molecular flexibility index (Phi) is 6.54. The molecule has 6 heteroatoms. The average Bonchev–Trinajstić information content (AvgIpc) is 2.18. The molecule has 1 amide bonds. The van der Waals surface area contributed by atoms with Crippen LogP contribution < -0.4 is 5.32 Å². The molecular formula is C11H10N2O3Y-2. The molecule has 0 aliphatic rings. The first-order valence-electron chi connectivity index (χ1n) is 4.35. The number of rotatable bonds is 3. The Morgan fingerprint density at radius 1 is 1.47 bits per heavy atom. The summed E-state index contributed by atoms with van der Waals surface area (Å²) in [4.78, 5) is 24.9. The number of nitrogens with one attached hydrogen (secondary N) is 1. The second kappa shape index (κ2) is 7.09. The zero-order valence-corrected chi connectivity index (χ0v) is 11.9. The van der Waals surface area contributed by atoms with Crippen LogP contribution in [0.3, 0.4) is 0 Å². The van der Waals surface area contributed by atoms with Crippen molar-refractivity contribution < 1.29 is 47.4 Å². The maximum atomic E-state index is 10.7. The number of carboxylic acids is 1. The van der Waals surface area contributed by atoms with E-state index >= 15 is 0 Å². The summed E-state index contributed by atoms with van der Waals surface area (Å²) in [5, 5.41) is 10.8. The molecule has 87 valence electrons. The topological polar surface area (TPSA) is 79.3 Å². The van der Waals surface area contributed by atoms with Crippen molar-refractivity contribution in [1.29, 1.82) is 0 Å². The van der Waals surface area contributed by atoms with Crippen molar-refractivity contribution in [3.05, 3.63) is 43.3 Å². The maximum absolute atomic E-state index is 10.7. The Morgan fingerprint density at radius 3 is 2.59 bits per heavy atom. The first kappa shape index (κ1) is 15.7. The standard InChI is InChI=1S/C11H10N2O3.Y/c1-7-5-9(3-4-10(15)16)6-12-11(7)13-8(2)14;/h3-6H,1-2H2,(H,15,16)(H,12,13,14);/q-2;/b4-3+;. The smallest absolute Gasteiger partial charge is 0.328 e. The minimum atomic E-state index is -1.04. The summed E-state index contributed by atoms with van der Waals surface area (Å²) in [5.41, 5.74) is 1.08. The number of hydrogen-bond donors (Lipinski definition) is 2. The fourth-order valence-electron chi connectivity index (χ4n) is 1.03. The number of carbonyl (C=O) groups is 2. The van der Waals surface area contributed by atoms with Crippen LogP contribution in [0.2, 0.25) is 0 Å². The molecule has 1 aromatic rings. The quantitative estimate of drug-likeness (QED) is 0.648. The first-order chi connectivity index (χ1) is 7.49. The van der Waals surface area contributed by atoms with E-state index < -0.39 is 11.9 Å². The molecule has 0 aliphatic heterocycles. The van der Waals surface area contributed by atoms with E-state index in [1.807, 2.05) is 0 Å². The Hall–Kier alpha value is -1.33. The van der Waals surface area contributed by atoms with Gasteiger partial charge in [-0.1, -0.05) is 11.6 Å². The number of hydrogen-bond acceptors (Lipinski definition) is 3. The molecule has 0 aliphatic carbocycles. The van der Waals surface area contributed by atoms with Gasteiger partial charge in [-0.15, -0.1) is 0 Å². The molecule has 0 aromatic carbocycles. The summed E-state index contributed by atoms with van der Waals surface area (Å²) < 4.78 is 0. The van der Waals surface area contributed by atoms with E-state index in [0.717, 1.165) is 6.08 Å². The van der Waals surface area contributed by atoms with Crippen LogP contribution in [0.4, 0.5) is 5.82 Å². The Morgan fingerprint density at radius 2 is 2.12 bits per heavy atom. The molecule has 0 saturated heterocycles. The van der Waals surface area contributed by atoms with Crippen LogP contribution >= 0.6 is 0 Å². The summed E-state index contributed by atoms with van der Waals surface area (Å²) >= 11 is 0. The molecule has 1 heterocycles. The van der Waals surface area contributed by atoms with Crippen LogP contribution in [0, 0.1) is 13.8 Å². The van der Waals surface area contributed by atoms with Crippen molar-refractivity contribution in [2.45, 2.75) is 0 Å². The van der Waals surface area contributed by atoms with E-state index in [2.05, 4.69) is 24.1 Å². The van der Waals surface area contributed by atoms with Crippen LogP contribution in [-0.4, -0.2) is 22.0 Å². The zero-order valence-electron chi connectivity index (χ0n) is 9.01. The van der Waals surface area contributed by atoms with Crippen LogP contribution in [0.25, 0.3) is 6.08 Å². The summed E-state index contributed by atoms with van der Waals surface area (Å²) in [7, 11) is 0. The zero-order chi connectivity index (χ0) is 12.1. The van der Waals surface area contributed by atoms with Crippen molar-refractivity contribution in [3.8, 4) is 0 Å². The fourth-order valence-corrected chi connectivity index (χ4v) is 1.03. The molecule has 1 aromatic heterocycles. The van der Waals surface area contributed by atoms with Crippen molar-refractivity contribution in [1.82, 2.24) is 4.98 Å². The van der Waals surface area contributed by atoms with Gasteiger partial charge in [0.2, 0.25) is 0 Å². The van der Waals surface area contributed by atoms with Crippen LogP contribution in [0.1, 0.15) is 11.1 Å². The largest absolute Gasteiger partial charge is 0.478 e. The van der Waals surface area contributed by atoms with Crippen molar-refractivity contribution in [2.75, 3.05) is 5.32 Å². The monoisotopic (exact) mass is 307 g/mol. The third kappa shape index (κ3) is 5.51. The molecule has 0 fully saturated rings. The number of amides is 1. The third-order valence-corrected chi connectivity index (χ3v) is 1.66. The van der Waals surface area contributed by atoms with Gasteiger partial charge in [-0.05, 0) is 0 Å². The van der Waals surface area contributed by atoms with E-state index in [9.17, 15) is 9.59 Å². The van der Waals surface area contributed by atoms with E-state index in [-0.39, 0.29) is 32.7 Å². The second-order valence-electron chi connectivity index (χ2n) is 3.00. The molecule has 5 nitrogen and oxygen atoms in total. The second-order valence-corrected chi connectivity index (χ2v) is 3.00. The molecule has 0 saturated carbocycles. The first-order valence-corrected chi connectivity index (χ1v) is 4.35. The van der Waals surface area contributed by atoms with Gasteiger partial charge in [0, 0.05) is 50.8 Å². The van der Waals surface area contributed by atoms with Gasteiger partial charge in [-0.3, -0.25) is 0 Å². The molecule has 17 heavy (non-hydrogen) atoms. The van der Waals surface area contributed by atoms with Crippen molar-refractivity contribution in [2.24, 2.45) is 0 Å². The summed E-state index contributed by atoms with van der Waals surface area (Å²) in [6, 6.07) is 1.61. The number of carboxylic acid groups (broad SMARTS) is 1. The van der Waals surface area contributed by atoms with E-state index in [4.69, 9.17) is 5.11 Å². The Bertz CT molecular complexity index is 458. The van der Waals surface area contributed by atoms with Crippen molar-refractivity contribution in [3.63, 3.8) is 0 Å². The normalized spacial score (nSPS) is 9.65. The van der Waals surface area contributed by atoms with Gasteiger partial charge in [0.15, 0.2) is 0 Å². The minimum absolute atomic E-state index is 0. The predicted molar refractivity (Wildman–Crippen MR) is 59.4 cm³/mol. The average molecular weight is 307 g/mol. The van der Waals surface area contributed by atoms with Gasteiger partial charge >= 0.3 is 5.97 Å². The summed E-state index contributed by atoms with van der Waals surface area (Å²) in [5.74, 6) is -1.21. The van der Waals surface area contributed by atoms with Gasteiger partial charge in [-0.25, -0.2) is 4.79 Å². The number of pyridine rings is 1. The van der Waals surface area contributed by atoms with E-state index in [0.29, 0.717) is 16.9 Å². The Balaban J connectivity index is 0.00000256. The maximum Gasteiger partial charge on any atom is 0.328 e. The third-order valence-electron chi connectivity index (χ3n) is 1.66. The molecular weight excluding hydrogens is 297 g/mol. The van der Waals surface area contributed by atoms with E-state index in [1.165, 1.54) is 12.3 Å². The van der Waals surface area contributed by atoms with Gasteiger partial charge < -0.3 is 27.1 Å². The molecule has 1 radical (unpaired) electrons. The van der Waals surface area contributed by atoms with Gasteiger partial charge in [0.1, 0.15) is 0 Å². The van der Waals surface area contributed by atoms with Crippen molar-refractivity contribution >= 4 is 23.8 Å². The number of aromatic nitrogens is 1. The number of anilines is 1. The number of nitrogens with zero attached hydrogens (tertiary/aromatic N) is 1. The van der Waals surface area contributed by atoms with Crippen LogP contribution in [0.5, 0.6) is 0 Å². The molecule has 0 atom stereocenters. The van der Waals surface area contributed by atoms with Crippen LogP contribution in [0.15, 0.2) is 18.3 Å². The Labute approximate surface area is 124 Å². The van der Waals surface area contributed by atoms with Gasteiger partial charge in [-0.2, -0.15) is 18.6 Å². The minimum Gasteiger partial charge on any atom is -0.478 e. The number of carbonyl (C=O) groups excluding carboxylic acids is 1. The number of aliphatic carboxylic acids is 1. The molecule has 0 unspecified atom stereocenters. The van der Waals surface area contributed by atoms with Gasteiger partial charge in [0.05, 0.1) is 5.91 Å². The SMILES string of the molecule is [CH2-]C(=O)Nc1ncc(/C=C/C(=O)O)cc1[CH2-].[Y].